The number of aldehydes is 1. The van der Waals surface area contributed by atoms with Gasteiger partial charge in [-0.05, 0) is 70.4 Å². The molecule has 0 radical (unpaired) electrons. The molecule has 7 heteroatoms. The summed E-state index contributed by atoms with van der Waals surface area (Å²) < 4.78 is 11.2. The molecule has 0 amide bonds. The quantitative estimate of drug-likeness (QED) is 0.0265. The third-order valence-electron chi connectivity index (χ3n) is 11.1. The highest BCUT2D eigenvalue weighted by atomic mass is 16.5. The lowest BCUT2D eigenvalue weighted by atomic mass is 9.97. The summed E-state index contributed by atoms with van der Waals surface area (Å²) in [6, 6.07) is 0. The summed E-state index contributed by atoms with van der Waals surface area (Å²) in [5.74, 6) is 0.501. The van der Waals surface area contributed by atoms with Crippen molar-refractivity contribution in [3.05, 3.63) is 4.91 Å². The molecule has 0 aromatic carbocycles. The van der Waals surface area contributed by atoms with Crippen LogP contribution in [0.2, 0.25) is 0 Å². The van der Waals surface area contributed by atoms with Gasteiger partial charge in [0.2, 0.25) is 0 Å². The molecule has 0 aliphatic heterocycles. The van der Waals surface area contributed by atoms with Gasteiger partial charge in [-0.3, -0.25) is 4.79 Å². The van der Waals surface area contributed by atoms with Gasteiger partial charge >= 0.3 is 5.97 Å². The predicted molar refractivity (Wildman–Crippen MR) is 238 cm³/mol. The van der Waals surface area contributed by atoms with Crippen LogP contribution in [0.4, 0.5) is 0 Å². The average Bonchev–Trinajstić information content (AvgIpc) is 3.19. The highest BCUT2D eigenvalue weighted by Gasteiger charge is 2.12. The molecule has 0 fully saturated rings. The van der Waals surface area contributed by atoms with Crippen molar-refractivity contribution in [3.63, 3.8) is 0 Å². The van der Waals surface area contributed by atoms with Gasteiger partial charge in [0.1, 0.15) is 6.29 Å². The summed E-state index contributed by atoms with van der Waals surface area (Å²) >= 11 is 0. The van der Waals surface area contributed by atoms with Crippen LogP contribution in [0.1, 0.15) is 246 Å². The molecular weight excluding hydrogens is 685 g/mol. The van der Waals surface area contributed by atoms with E-state index in [1.54, 1.807) is 0 Å². The third kappa shape index (κ3) is 45.2. The third-order valence-corrected chi connectivity index (χ3v) is 11.1. The molecule has 0 heterocycles. The van der Waals surface area contributed by atoms with Gasteiger partial charge in [-0.15, -0.1) is 0 Å². The average molecular weight is 781 g/mol. The van der Waals surface area contributed by atoms with E-state index < -0.39 is 0 Å². The Morgan fingerprint density at radius 3 is 1.47 bits per heavy atom. The summed E-state index contributed by atoms with van der Waals surface area (Å²) in [4.78, 5) is 35.4. The first kappa shape index (κ1) is 55.8. The van der Waals surface area contributed by atoms with Gasteiger partial charge in [0.25, 0.3) is 0 Å². The van der Waals surface area contributed by atoms with Crippen molar-refractivity contribution in [2.45, 2.75) is 252 Å². The number of methoxy groups -OCH3 is 1. The summed E-state index contributed by atoms with van der Waals surface area (Å²) in [6.45, 7) is 12.8. The fourth-order valence-corrected chi connectivity index (χ4v) is 7.47. The normalized spacial score (nSPS) is 11.8. The number of hydrogen-bond acceptors (Lipinski definition) is 7. The predicted octanol–water partition coefficient (Wildman–Crippen LogP) is 14.8. The number of ether oxygens (including phenoxy) is 2. The van der Waals surface area contributed by atoms with E-state index in [1.165, 1.54) is 141 Å². The van der Waals surface area contributed by atoms with Crippen LogP contribution in [0.15, 0.2) is 5.18 Å². The minimum atomic E-state index is -0.0271. The van der Waals surface area contributed by atoms with Crippen LogP contribution in [0.5, 0.6) is 0 Å². The Balaban J connectivity index is 0. The lowest BCUT2D eigenvalue weighted by Gasteiger charge is -2.21. The molecule has 0 saturated carbocycles. The van der Waals surface area contributed by atoms with E-state index in [0.29, 0.717) is 38.0 Å². The Morgan fingerprint density at radius 2 is 1.00 bits per heavy atom. The minimum absolute atomic E-state index is 0.0271. The molecule has 1 unspecified atom stereocenters. The lowest BCUT2D eigenvalue weighted by molar-refractivity contribution is -0.145. The van der Waals surface area contributed by atoms with Crippen LogP contribution in [-0.2, 0) is 19.1 Å². The Hall–Kier alpha value is -1.34. The van der Waals surface area contributed by atoms with Crippen LogP contribution in [0.3, 0.4) is 0 Å². The van der Waals surface area contributed by atoms with E-state index in [4.69, 9.17) is 9.47 Å². The molecule has 1 atom stereocenters. The maximum Gasteiger partial charge on any atom is 0.305 e. The molecule has 7 nitrogen and oxygen atoms in total. The summed E-state index contributed by atoms with van der Waals surface area (Å²) in [6.07, 6.45) is 43.0. The smallest absolute Gasteiger partial charge is 0.305 e. The van der Waals surface area contributed by atoms with Crippen molar-refractivity contribution < 1.29 is 19.1 Å². The van der Waals surface area contributed by atoms with Gasteiger partial charge in [-0.1, -0.05) is 187 Å². The van der Waals surface area contributed by atoms with Crippen molar-refractivity contribution in [3.8, 4) is 0 Å². The van der Waals surface area contributed by atoms with Crippen LogP contribution < -0.4 is 0 Å². The molecular formula is C48H96N2O5. The summed E-state index contributed by atoms with van der Waals surface area (Å²) in [5, 5.41) is 3.03. The number of carbonyl (C=O) groups excluding carboxylic acids is 2. The fraction of sp³-hybridized carbons (Fsp3) is 0.958. The topological polar surface area (TPSA) is 85.3 Å². The minimum Gasteiger partial charge on any atom is -0.465 e. The van der Waals surface area contributed by atoms with E-state index in [1.807, 2.05) is 7.11 Å². The highest BCUT2D eigenvalue weighted by Crippen LogP contribution is 2.19. The Bertz CT molecular complexity index is 751. The Kier molecular flexibility index (Phi) is 49.5. The molecule has 0 aliphatic carbocycles. The first-order valence-electron chi connectivity index (χ1n) is 24.2. The summed E-state index contributed by atoms with van der Waals surface area (Å²) in [7, 11) is 1.89. The fourth-order valence-electron chi connectivity index (χ4n) is 7.47. The molecule has 328 valence electrons. The first-order valence-corrected chi connectivity index (χ1v) is 24.2. The van der Waals surface area contributed by atoms with Crippen molar-refractivity contribution >= 4 is 12.3 Å². The number of unbranched alkanes of at least 4 members (excludes halogenated alkanes) is 23. The molecule has 0 bridgehead atoms. The van der Waals surface area contributed by atoms with Crippen molar-refractivity contribution in [1.82, 2.24) is 4.90 Å². The van der Waals surface area contributed by atoms with Gasteiger partial charge in [-0.2, -0.15) is 4.91 Å². The van der Waals surface area contributed by atoms with E-state index in [9.17, 15) is 14.5 Å². The zero-order valence-electron chi connectivity index (χ0n) is 37.7. The monoisotopic (exact) mass is 781 g/mol. The van der Waals surface area contributed by atoms with Crippen molar-refractivity contribution in [2.24, 2.45) is 11.1 Å². The molecule has 0 spiro atoms. The van der Waals surface area contributed by atoms with E-state index in [2.05, 4.69) is 37.8 Å². The lowest BCUT2D eigenvalue weighted by Crippen LogP contribution is -2.28. The zero-order chi connectivity index (χ0) is 40.7. The maximum absolute atomic E-state index is 12.2. The van der Waals surface area contributed by atoms with Gasteiger partial charge in [-0.25, -0.2) is 0 Å². The van der Waals surface area contributed by atoms with Gasteiger partial charge in [0.05, 0.1) is 19.3 Å². The highest BCUT2D eigenvalue weighted by molar-refractivity contribution is 5.69. The van der Waals surface area contributed by atoms with Gasteiger partial charge in [0.15, 0.2) is 0 Å². The second-order valence-electron chi connectivity index (χ2n) is 16.4. The molecule has 0 aliphatic rings. The van der Waals surface area contributed by atoms with Gasteiger partial charge < -0.3 is 19.2 Å². The second-order valence-corrected chi connectivity index (χ2v) is 16.4. The second kappa shape index (κ2) is 48.8. The zero-order valence-corrected chi connectivity index (χ0v) is 37.7. The molecule has 0 aromatic heterocycles. The largest absolute Gasteiger partial charge is 0.465 e. The van der Waals surface area contributed by atoms with Crippen molar-refractivity contribution in [2.75, 3.05) is 39.9 Å². The van der Waals surface area contributed by atoms with E-state index >= 15 is 0 Å². The molecule has 55 heavy (non-hydrogen) atoms. The number of nitroso groups, excluding NO2 is 1. The molecule has 0 saturated heterocycles. The van der Waals surface area contributed by atoms with Crippen molar-refractivity contribution in [1.29, 1.82) is 0 Å². The molecule has 0 rings (SSSR count). The maximum atomic E-state index is 12.2. The SMILES string of the molecule is CCCCCCCC(CCC)COC(=O)CCCCCCCN(CCCCCCCC=O)CCN=O.CCCCCCCCC(CCCCCCCC)OC. The van der Waals surface area contributed by atoms with Gasteiger partial charge in [0, 0.05) is 26.5 Å². The van der Waals surface area contributed by atoms with Crippen LogP contribution in [-0.4, -0.2) is 63.2 Å². The standard InChI is InChI=1S/C30H58N2O4.C18H38O/c1-3-5-6-10-15-21-29(20-4-2)28-36-30(34)22-16-11-9-13-18-25-32(26-23-31-35)24-17-12-7-8-14-19-27-33;1-4-6-8-10-12-14-16-18(19-3)17-15-13-11-9-7-5-2/h27,29H,3-26,28H2,1-2H3;18H,4-17H2,1-3H3. The number of esters is 1. The summed E-state index contributed by atoms with van der Waals surface area (Å²) in [5.41, 5.74) is 0. The van der Waals surface area contributed by atoms with Crippen LogP contribution >= 0.6 is 0 Å². The number of rotatable bonds is 44. The molecule has 0 N–H and O–H groups in total. The Labute approximate surface area is 343 Å². The number of carbonyl (C=O) groups is 2. The van der Waals surface area contributed by atoms with E-state index in [-0.39, 0.29) is 5.97 Å². The molecule has 0 aromatic rings. The van der Waals surface area contributed by atoms with Crippen LogP contribution in [0, 0.1) is 10.8 Å². The number of hydrogen-bond donors (Lipinski definition) is 0. The number of nitrogens with zero attached hydrogens (tertiary/aromatic N) is 2. The first-order chi connectivity index (χ1) is 27.0. The Morgan fingerprint density at radius 1 is 0.545 bits per heavy atom. The van der Waals surface area contributed by atoms with E-state index in [0.717, 1.165) is 90.1 Å². The van der Waals surface area contributed by atoms with Crippen LogP contribution in [0.25, 0.3) is 0 Å².